The zero-order valence-corrected chi connectivity index (χ0v) is 15.1. The summed E-state index contributed by atoms with van der Waals surface area (Å²) in [5, 5.41) is 13.4. The number of carbonyl (C=O) groups is 2. The molecule has 1 heterocycles. The maximum absolute atomic E-state index is 12.5. The summed E-state index contributed by atoms with van der Waals surface area (Å²) in [6.07, 6.45) is 0. The van der Waals surface area contributed by atoms with Crippen molar-refractivity contribution < 1.29 is 28.9 Å². The highest BCUT2D eigenvalue weighted by atomic mass is 16.5. The zero-order valence-electron chi connectivity index (χ0n) is 15.1. The van der Waals surface area contributed by atoms with Crippen molar-refractivity contribution in [2.75, 3.05) is 21.3 Å². The lowest BCUT2D eigenvalue weighted by Gasteiger charge is -2.18. The van der Waals surface area contributed by atoms with Crippen LogP contribution >= 0.6 is 0 Å². The van der Waals surface area contributed by atoms with Gasteiger partial charge in [0.15, 0.2) is 0 Å². The van der Waals surface area contributed by atoms with Crippen molar-refractivity contribution >= 4 is 17.4 Å². The van der Waals surface area contributed by atoms with Crippen LogP contribution in [0.2, 0.25) is 0 Å². The number of ether oxygens (including phenoxy) is 3. The van der Waals surface area contributed by atoms with E-state index >= 15 is 0 Å². The molecule has 0 bridgehead atoms. The summed E-state index contributed by atoms with van der Waals surface area (Å²) < 4.78 is 15.7. The summed E-state index contributed by atoms with van der Waals surface area (Å²) in [5.41, 5.74) is 0.807. The summed E-state index contributed by atoms with van der Waals surface area (Å²) in [6.45, 7) is 0. The van der Waals surface area contributed by atoms with E-state index in [1.165, 1.54) is 21.3 Å². The number of hydrogen-bond acceptors (Lipinski definition) is 6. The average molecular weight is 369 g/mol. The molecular weight excluding hydrogens is 350 g/mol. The number of nitrogens with one attached hydrogen (secondary N) is 1. The number of hydrogen-bond donors (Lipinski definition) is 2. The molecule has 0 saturated carbocycles. The fraction of sp³-hybridized carbons (Fsp3) is 0.200. The van der Waals surface area contributed by atoms with Crippen LogP contribution in [0.15, 0.2) is 48.0 Å². The van der Waals surface area contributed by atoms with E-state index in [9.17, 15) is 14.7 Å². The number of amides is 1. The lowest BCUT2D eigenvalue weighted by Crippen LogP contribution is -2.21. The molecule has 7 nitrogen and oxygen atoms in total. The molecule has 1 aliphatic heterocycles. The number of aliphatic hydroxyl groups excluding tert-OH is 1. The highest BCUT2D eigenvalue weighted by Gasteiger charge is 2.41. The molecule has 1 aliphatic rings. The minimum absolute atomic E-state index is 0.0557. The second-order valence-electron chi connectivity index (χ2n) is 5.84. The first-order valence-electron chi connectivity index (χ1n) is 8.14. The topological polar surface area (TPSA) is 94.1 Å². The Bertz CT molecular complexity index is 934. The summed E-state index contributed by atoms with van der Waals surface area (Å²) in [6, 6.07) is 10.8. The number of ketones is 1. The standard InChI is InChI=1S/C20H19NO6/c1-25-12-6-4-5-11(9-12)18(22)16-17(21-20(24)19(16)23)14-10-13(26-2)7-8-15(14)27-3/h4-10,17,22H,1-3H3,(H,21,24)/b18-16-. The number of benzene rings is 2. The molecule has 2 aromatic carbocycles. The molecule has 2 N–H and O–H groups in total. The number of methoxy groups -OCH3 is 3. The second kappa shape index (κ2) is 7.41. The predicted octanol–water partition coefficient (Wildman–Crippen LogP) is 2.42. The minimum Gasteiger partial charge on any atom is -0.507 e. The fourth-order valence-corrected chi connectivity index (χ4v) is 2.99. The average Bonchev–Trinajstić information content (AvgIpc) is 3.01. The molecule has 140 valence electrons. The summed E-state index contributed by atoms with van der Waals surface area (Å²) in [5.74, 6) is -0.405. The van der Waals surface area contributed by atoms with Gasteiger partial charge in [-0.3, -0.25) is 9.59 Å². The normalized spacial score (nSPS) is 18.1. The van der Waals surface area contributed by atoms with E-state index in [2.05, 4.69) is 5.32 Å². The van der Waals surface area contributed by atoms with Crippen molar-refractivity contribution in [2.24, 2.45) is 0 Å². The zero-order chi connectivity index (χ0) is 19.6. The first kappa shape index (κ1) is 18.3. The number of rotatable bonds is 5. The molecule has 2 aromatic rings. The molecule has 27 heavy (non-hydrogen) atoms. The molecule has 0 aromatic heterocycles. The third kappa shape index (κ3) is 3.31. The molecule has 0 radical (unpaired) electrons. The first-order valence-corrected chi connectivity index (χ1v) is 8.14. The van der Waals surface area contributed by atoms with Gasteiger partial charge in [-0.25, -0.2) is 0 Å². The highest BCUT2D eigenvalue weighted by molar-refractivity contribution is 6.46. The van der Waals surface area contributed by atoms with Crippen LogP contribution < -0.4 is 19.5 Å². The predicted molar refractivity (Wildman–Crippen MR) is 98.0 cm³/mol. The van der Waals surface area contributed by atoms with Crippen molar-refractivity contribution in [2.45, 2.75) is 6.04 Å². The Morgan fingerprint density at radius 3 is 2.33 bits per heavy atom. The second-order valence-corrected chi connectivity index (χ2v) is 5.84. The van der Waals surface area contributed by atoms with E-state index in [0.717, 1.165) is 0 Å². The van der Waals surface area contributed by atoms with Crippen LogP contribution in [0.1, 0.15) is 17.2 Å². The Hall–Kier alpha value is -3.48. The molecule has 1 unspecified atom stereocenters. The van der Waals surface area contributed by atoms with Crippen LogP contribution in [0.25, 0.3) is 5.76 Å². The Morgan fingerprint density at radius 2 is 1.67 bits per heavy atom. The molecule has 3 rings (SSSR count). The molecule has 1 saturated heterocycles. The van der Waals surface area contributed by atoms with Crippen LogP contribution in [-0.4, -0.2) is 38.1 Å². The Kier molecular flexibility index (Phi) is 5.03. The molecular formula is C20H19NO6. The third-order valence-corrected chi connectivity index (χ3v) is 4.36. The van der Waals surface area contributed by atoms with Gasteiger partial charge in [0.2, 0.25) is 0 Å². The molecule has 1 fully saturated rings. The Balaban J connectivity index is 2.18. The quantitative estimate of drug-likeness (QED) is 0.478. The van der Waals surface area contributed by atoms with E-state index < -0.39 is 17.7 Å². The van der Waals surface area contributed by atoms with Crippen LogP contribution in [0, 0.1) is 0 Å². The Morgan fingerprint density at radius 1 is 0.963 bits per heavy atom. The van der Waals surface area contributed by atoms with Crippen LogP contribution in [0.5, 0.6) is 17.2 Å². The van der Waals surface area contributed by atoms with Gasteiger partial charge in [0.1, 0.15) is 23.0 Å². The lowest BCUT2D eigenvalue weighted by atomic mass is 9.95. The van der Waals surface area contributed by atoms with Crippen molar-refractivity contribution in [3.63, 3.8) is 0 Å². The van der Waals surface area contributed by atoms with E-state index in [1.807, 2.05) is 0 Å². The number of aliphatic hydroxyl groups is 1. The van der Waals surface area contributed by atoms with E-state index in [4.69, 9.17) is 14.2 Å². The monoisotopic (exact) mass is 369 g/mol. The van der Waals surface area contributed by atoms with Crippen LogP contribution in [0.3, 0.4) is 0 Å². The largest absolute Gasteiger partial charge is 0.507 e. The molecule has 0 aliphatic carbocycles. The number of Topliss-reactive ketones (excluding diaryl/α,β-unsaturated/α-hetero) is 1. The van der Waals surface area contributed by atoms with Gasteiger partial charge in [0, 0.05) is 11.1 Å². The molecule has 7 heteroatoms. The Labute approximate surface area is 156 Å². The van der Waals surface area contributed by atoms with Gasteiger partial charge in [0.05, 0.1) is 32.9 Å². The third-order valence-electron chi connectivity index (χ3n) is 4.36. The minimum atomic E-state index is -0.874. The van der Waals surface area contributed by atoms with E-state index in [0.29, 0.717) is 28.4 Å². The SMILES string of the molecule is COc1cccc(/C(O)=C2/C(=O)C(=O)NC2c2cc(OC)ccc2OC)c1. The highest BCUT2D eigenvalue weighted by Crippen LogP contribution is 2.39. The van der Waals surface area contributed by atoms with Gasteiger partial charge in [-0.05, 0) is 30.3 Å². The molecule has 1 atom stereocenters. The maximum atomic E-state index is 12.5. The van der Waals surface area contributed by atoms with E-state index in [-0.39, 0.29) is 11.3 Å². The lowest BCUT2D eigenvalue weighted by molar-refractivity contribution is -0.133. The summed E-state index contributed by atoms with van der Waals surface area (Å²) >= 11 is 0. The maximum Gasteiger partial charge on any atom is 0.293 e. The van der Waals surface area contributed by atoms with Crippen molar-refractivity contribution in [1.82, 2.24) is 5.32 Å². The smallest absolute Gasteiger partial charge is 0.293 e. The van der Waals surface area contributed by atoms with Crippen LogP contribution in [-0.2, 0) is 9.59 Å². The molecule has 1 amide bonds. The van der Waals surface area contributed by atoms with Gasteiger partial charge >= 0.3 is 0 Å². The van der Waals surface area contributed by atoms with Crippen molar-refractivity contribution in [1.29, 1.82) is 0 Å². The summed E-state index contributed by atoms with van der Waals surface area (Å²) in [7, 11) is 4.49. The van der Waals surface area contributed by atoms with Gasteiger partial charge in [-0.1, -0.05) is 12.1 Å². The van der Waals surface area contributed by atoms with Gasteiger partial charge in [-0.15, -0.1) is 0 Å². The summed E-state index contributed by atoms with van der Waals surface area (Å²) in [4.78, 5) is 24.6. The first-order chi connectivity index (χ1) is 13.0. The van der Waals surface area contributed by atoms with E-state index in [1.54, 1.807) is 42.5 Å². The van der Waals surface area contributed by atoms with Gasteiger partial charge < -0.3 is 24.6 Å². The molecule has 0 spiro atoms. The van der Waals surface area contributed by atoms with Crippen molar-refractivity contribution in [3.8, 4) is 17.2 Å². The van der Waals surface area contributed by atoms with Crippen molar-refractivity contribution in [3.05, 3.63) is 59.2 Å². The van der Waals surface area contributed by atoms with Crippen LogP contribution in [0.4, 0.5) is 0 Å². The van der Waals surface area contributed by atoms with Gasteiger partial charge in [0.25, 0.3) is 11.7 Å². The fourth-order valence-electron chi connectivity index (χ4n) is 2.99. The van der Waals surface area contributed by atoms with Gasteiger partial charge in [-0.2, -0.15) is 0 Å². The number of carbonyl (C=O) groups excluding carboxylic acids is 2.